The first-order valence-electron chi connectivity index (χ1n) is 5.45. The van der Waals surface area contributed by atoms with Crippen LogP contribution in [-0.4, -0.2) is 32.4 Å². The van der Waals surface area contributed by atoms with Gasteiger partial charge < -0.3 is 14.2 Å². The minimum atomic E-state index is -0.396. The molecule has 0 fully saturated rings. The number of ether oxygens (including phenoxy) is 3. The highest BCUT2D eigenvalue weighted by molar-refractivity contribution is 9.10. The van der Waals surface area contributed by atoms with Crippen molar-refractivity contribution < 1.29 is 19.0 Å². The van der Waals surface area contributed by atoms with Crippen LogP contribution in [0.3, 0.4) is 0 Å². The third kappa shape index (κ3) is 4.31. The van der Waals surface area contributed by atoms with Gasteiger partial charge in [-0.15, -0.1) is 0 Å². The van der Waals surface area contributed by atoms with E-state index in [1.807, 2.05) is 13.8 Å². The third-order valence-corrected chi connectivity index (χ3v) is 2.89. The van der Waals surface area contributed by atoms with E-state index in [1.165, 1.54) is 7.11 Å². The molecular weight excluding hydrogens is 300 g/mol. The first kappa shape index (κ1) is 15.0. The van der Waals surface area contributed by atoms with Gasteiger partial charge in [0.05, 0.1) is 18.3 Å². The Hall–Kier alpha value is -1.07. The lowest BCUT2D eigenvalue weighted by Crippen LogP contribution is -2.30. The van der Waals surface area contributed by atoms with Crippen LogP contribution in [0, 0.1) is 0 Å². The fourth-order valence-corrected chi connectivity index (χ4v) is 1.67. The van der Waals surface area contributed by atoms with Crippen LogP contribution in [0.25, 0.3) is 0 Å². The maximum atomic E-state index is 11.5. The summed E-state index contributed by atoms with van der Waals surface area (Å²) in [6, 6.07) is 5.11. The number of carbonyl (C=O) groups is 1. The van der Waals surface area contributed by atoms with Gasteiger partial charge in [-0.2, -0.15) is 0 Å². The number of esters is 1. The summed E-state index contributed by atoms with van der Waals surface area (Å²) in [5.74, 6) is 0.196. The molecule has 4 nitrogen and oxygen atoms in total. The predicted octanol–water partition coefficient (Wildman–Crippen LogP) is 3.04. The van der Waals surface area contributed by atoms with Crippen molar-refractivity contribution in [3.63, 3.8) is 0 Å². The molecule has 0 unspecified atom stereocenters. The SMILES string of the molecule is COC(=O)c1cc(Br)cc(OCC(C)(C)OC)c1. The van der Waals surface area contributed by atoms with E-state index in [0.29, 0.717) is 17.9 Å². The molecule has 5 heteroatoms. The van der Waals surface area contributed by atoms with Gasteiger partial charge in [0.25, 0.3) is 0 Å². The summed E-state index contributed by atoms with van der Waals surface area (Å²) in [5.41, 5.74) is 0.0606. The second kappa shape index (κ2) is 6.20. The molecule has 1 aromatic rings. The molecule has 0 aromatic heterocycles. The molecular formula is C13H17BrO4. The van der Waals surface area contributed by atoms with Crippen molar-refractivity contribution in [3.8, 4) is 5.75 Å². The smallest absolute Gasteiger partial charge is 0.338 e. The third-order valence-electron chi connectivity index (χ3n) is 2.43. The Morgan fingerprint density at radius 1 is 1.28 bits per heavy atom. The lowest BCUT2D eigenvalue weighted by Gasteiger charge is -2.23. The van der Waals surface area contributed by atoms with E-state index in [0.717, 1.165) is 4.47 Å². The van der Waals surface area contributed by atoms with Gasteiger partial charge in [0.1, 0.15) is 12.4 Å². The maximum absolute atomic E-state index is 11.5. The predicted molar refractivity (Wildman–Crippen MR) is 72.1 cm³/mol. The number of hydrogen-bond acceptors (Lipinski definition) is 4. The minimum Gasteiger partial charge on any atom is -0.491 e. The van der Waals surface area contributed by atoms with Gasteiger partial charge in [0.15, 0.2) is 0 Å². The van der Waals surface area contributed by atoms with E-state index in [2.05, 4.69) is 20.7 Å². The highest BCUT2D eigenvalue weighted by Gasteiger charge is 2.18. The van der Waals surface area contributed by atoms with E-state index >= 15 is 0 Å². The summed E-state index contributed by atoms with van der Waals surface area (Å²) in [4.78, 5) is 11.5. The summed E-state index contributed by atoms with van der Waals surface area (Å²) in [7, 11) is 2.97. The maximum Gasteiger partial charge on any atom is 0.338 e. The molecule has 0 radical (unpaired) electrons. The monoisotopic (exact) mass is 316 g/mol. The van der Waals surface area contributed by atoms with E-state index in [-0.39, 0.29) is 5.60 Å². The molecule has 0 saturated heterocycles. The van der Waals surface area contributed by atoms with Gasteiger partial charge in [-0.05, 0) is 32.0 Å². The van der Waals surface area contributed by atoms with Gasteiger partial charge in [-0.3, -0.25) is 0 Å². The molecule has 0 aliphatic rings. The Balaban J connectivity index is 2.84. The van der Waals surface area contributed by atoms with E-state index in [9.17, 15) is 4.79 Å². The van der Waals surface area contributed by atoms with E-state index < -0.39 is 5.97 Å². The molecule has 0 spiro atoms. The van der Waals surface area contributed by atoms with E-state index in [4.69, 9.17) is 9.47 Å². The number of rotatable bonds is 5. The van der Waals surface area contributed by atoms with E-state index in [1.54, 1.807) is 25.3 Å². The van der Waals surface area contributed by atoms with Crippen molar-refractivity contribution in [2.45, 2.75) is 19.4 Å². The Bertz CT molecular complexity index is 429. The Morgan fingerprint density at radius 3 is 2.50 bits per heavy atom. The normalized spacial score (nSPS) is 11.2. The Kier molecular flexibility index (Phi) is 5.16. The second-order valence-electron chi connectivity index (χ2n) is 4.42. The zero-order valence-electron chi connectivity index (χ0n) is 11.0. The summed E-state index contributed by atoms with van der Waals surface area (Å²) in [6.45, 7) is 4.24. The topological polar surface area (TPSA) is 44.8 Å². The molecule has 0 heterocycles. The zero-order chi connectivity index (χ0) is 13.8. The van der Waals surface area contributed by atoms with Crippen molar-refractivity contribution in [2.75, 3.05) is 20.8 Å². The minimum absolute atomic E-state index is 0.381. The first-order valence-corrected chi connectivity index (χ1v) is 6.24. The van der Waals surface area contributed by atoms with Gasteiger partial charge in [0.2, 0.25) is 0 Å². The summed E-state index contributed by atoms with van der Waals surface area (Å²) in [6.07, 6.45) is 0. The van der Waals surface area contributed by atoms with Gasteiger partial charge in [-0.1, -0.05) is 15.9 Å². The molecule has 0 aliphatic heterocycles. The molecule has 0 saturated carbocycles. The molecule has 0 bridgehead atoms. The number of methoxy groups -OCH3 is 2. The first-order chi connectivity index (χ1) is 8.38. The Labute approximate surface area is 115 Å². The summed E-state index contributed by atoms with van der Waals surface area (Å²) >= 11 is 3.33. The highest BCUT2D eigenvalue weighted by Crippen LogP contribution is 2.23. The van der Waals surface area contributed by atoms with Crippen LogP contribution in [0.4, 0.5) is 0 Å². The van der Waals surface area contributed by atoms with Crippen LogP contribution in [-0.2, 0) is 9.47 Å². The van der Waals surface area contributed by atoms with Crippen molar-refractivity contribution in [1.29, 1.82) is 0 Å². The van der Waals surface area contributed by atoms with Gasteiger partial charge in [-0.25, -0.2) is 4.79 Å². The molecule has 1 rings (SSSR count). The Morgan fingerprint density at radius 2 is 1.94 bits per heavy atom. The average molecular weight is 317 g/mol. The largest absolute Gasteiger partial charge is 0.491 e. The van der Waals surface area contributed by atoms with Gasteiger partial charge >= 0.3 is 5.97 Å². The number of hydrogen-bond donors (Lipinski definition) is 0. The van der Waals surface area contributed by atoms with Crippen molar-refractivity contribution in [2.24, 2.45) is 0 Å². The zero-order valence-corrected chi connectivity index (χ0v) is 12.5. The molecule has 0 atom stereocenters. The van der Waals surface area contributed by atoms with Crippen LogP contribution >= 0.6 is 15.9 Å². The van der Waals surface area contributed by atoms with Crippen molar-refractivity contribution >= 4 is 21.9 Å². The molecule has 0 N–H and O–H groups in total. The standard InChI is InChI=1S/C13H17BrO4/c1-13(2,17-4)8-18-11-6-9(12(15)16-3)5-10(14)7-11/h5-7H,8H2,1-4H3. The molecule has 18 heavy (non-hydrogen) atoms. The van der Waals surface area contributed by atoms with Crippen LogP contribution in [0.15, 0.2) is 22.7 Å². The molecule has 0 amide bonds. The number of carbonyl (C=O) groups excluding carboxylic acids is 1. The molecule has 1 aromatic carbocycles. The number of halogens is 1. The molecule has 0 aliphatic carbocycles. The lowest BCUT2D eigenvalue weighted by atomic mass is 10.1. The average Bonchev–Trinajstić information content (AvgIpc) is 2.35. The van der Waals surface area contributed by atoms with Crippen LogP contribution in [0.1, 0.15) is 24.2 Å². The quantitative estimate of drug-likeness (QED) is 0.783. The second-order valence-corrected chi connectivity index (χ2v) is 5.34. The van der Waals surface area contributed by atoms with Crippen molar-refractivity contribution in [1.82, 2.24) is 0 Å². The van der Waals surface area contributed by atoms with Crippen LogP contribution in [0.5, 0.6) is 5.75 Å². The van der Waals surface area contributed by atoms with Crippen LogP contribution < -0.4 is 4.74 Å². The number of benzene rings is 1. The van der Waals surface area contributed by atoms with Crippen molar-refractivity contribution in [3.05, 3.63) is 28.2 Å². The fourth-order valence-electron chi connectivity index (χ4n) is 1.20. The fraction of sp³-hybridized carbons (Fsp3) is 0.462. The molecule has 100 valence electrons. The van der Waals surface area contributed by atoms with Crippen LogP contribution in [0.2, 0.25) is 0 Å². The highest BCUT2D eigenvalue weighted by atomic mass is 79.9. The summed E-state index contributed by atoms with van der Waals surface area (Å²) in [5, 5.41) is 0. The van der Waals surface area contributed by atoms with Gasteiger partial charge in [0, 0.05) is 11.6 Å². The lowest BCUT2D eigenvalue weighted by molar-refractivity contribution is -0.0146. The summed E-state index contributed by atoms with van der Waals surface area (Å²) < 4.78 is 16.3.